The Bertz CT molecular complexity index is 1850. The Balaban J connectivity index is 1.08. The molecule has 0 saturated carbocycles. The summed E-state index contributed by atoms with van der Waals surface area (Å²) in [6, 6.07) is 15.8. The largest absolute Gasteiger partial charge is 0.453 e. The van der Waals surface area contributed by atoms with Gasteiger partial charge in [-0.1, -0.05) is 48.5 Å². The van der Waals surface area contributed by atoms with E-state index >= 15 is 0 Å². The van der Waals surface area contributed by atoms with Crippen LogP contribution in [0.15, 0.2) is 54.7 Å². The quantitative estimate of drug-likeness (QED) is 0.231. The van der Waals surface area contributed by atoms with Gasteiger partial charge in [0.25, 0.3) is 0 Å². The van der Waals surface area contributed by atoms with E-state index < -0.39 is 12.1 Å². The highest BCUT2D eigenvalue weighted by atomic mass is 16.5. The molecule has 4 aromatic rings. The monoisotopic (exact) mass is 694 g/mol. The second kappa shape index (κ2) is 15.0. The van der Waals surface area contributed by atoms with Crippen molar-refractivity contribution in [2.45, 2.75) is 69.7 Å². The Morgan fingerprint density at radius 2 is 1.55 bits per heavy atom. The summed E-state index contributed by atoms with van der Waals surface area (Å²) in [7, 11) is 4.87. The molecule has 268 valence electrons. The predicted molar refractivity (Wildman–Crippen MR) is 191 cm³/mol. The van der Waals surface area contributed by atoms with Gasteiger partial charge in [-0.25, -0.2) is 19.6 Å². The summed E-state index contributed by atoms with van der Waals surface area (Å²) in [6.07, 6.45) is 6.76. The van der Waals surface area contributed by atoms with Crippen LogP contribution in [0, 0.1) is 0 Å². The SMILES string of the molecule is COC(=O)N[C@H]1CCCCOCc2[nH]c(nc2-c2ccc(-c3ccc(-c4cnc([C@@H]5CCCN5C(=O)N(C)C)[nH]4)cc3)cc2)[C@@H]2CCCN2C1=O. The summed E-state index contributed by atoms with van der Waals surface area (Å²) in [5.41, 5.74) is 6.77. The number of hydrogen-bond acceptors (Lipinski definition) is 7. The molecular weight excluding hydrogens is 648 g/mol. The van der Waals surface area contributed by atoms with Gasteiger partial charge in [-0.15, -0.1) is 0 Å². The predicted octanol–water partition coefficient (Wildman–Crippen LogP) is 6.04. The lowest BCUT2D eigenvalue weighted by Gasteiger charge is -2.28. The molecule has 3 N–H and O–H groups in total. The van der Waals surface area contributed by atoms with Gasteiger partial charge in [0.2, 0.25) is 5.91 Å². The summed E-state index contributed by atoms with van der Waals surface area (Å²) in [4.78, 5) is 60.5. The molecule has 2 aromatic carbocycles. The van der Waals surface area contributed by atoms with Crippen molar-refractivity contribution in [3.05, 3.63) is 72.1 Å². The maximum atomic E-state index is 13.7. The average molecular weight is 695 g/mol. The first-order valence-electron chi connectivity index (χ1n) is 17.9. The number of methoxy groups -OCH3 is 1. The molecule has 0 radical (unpaired) electrons. The van der Waals surface area contributed by atoms with Crippen LogP contribution in [0.1, 0.15) is 74.4 Å². The van der Waals surface area contributed by atoms with E-state index in [9.17, 15) is 14.4 Å². The van der Waals surface area contributed by atoms with E-state index in [1.165, 1.54) is 7.11 Å². The maximum Gasteiger partial charge on any atom is 0.407 e. The molecular formula is C38H46N8O5. The molecule has 4 amide bonds. The van der Waals surface area contributed by atoms with Gasteiger partial charge in [0, 0.05) is 39.4 Å². The molecule has 51 heavy (non-hydrogen) atoms. The summed E-state index contributed by atoms with van der Waals surface area (Å²) in [6.45, 7) is 2.26. The number of aromatic nitrogens is 4. The number of ether oxygens (including phenoxy) is 2. The van der Waals surface area contributed by atoms with E-state index in [-0.39, 0.29) is 24.0 Å². The van der Waals surface area contributed by atoms with E-state index in [2.05, 4.69) is 68.8 Å². The number of rotatable bonds is 5. The number of fused-ring (bicyclic) bond motifs is 4. The van der Waals surface area contributed by atoms with Crippen molar-refractivity contribution in [1.82, 2.24) is 40.0 Å². The average Bonchev–Trinajstić information content (AvgIpc) is 3.98. The highest BCUT2D eigenvalue weighted by Crippen LogP contribution is 2.36. The van der Waals surface area contributed by atoms with Crippen LogP contribution in [0.3, 0.4) is 0 Å². The molecule has 2 bridgehead atoms. The first kappa shape index (κ1) is 34.3. The van der Waals surface area contributed by atoms with Gasteiger partial charge < -0.3 is 39.5 Å². The number of carbonyl (C=O) groups excluding carboxylic acids is 3. The molecule has 0 unspecified atom stereocenters. The molecule has 3 aliphatic heterocycles. The minimum absolute atomic E-state index is 0.00963. The molecule has 2 saturated heterocycles. The molecule has 13 heteroatoms. The number of H-pyrrole nitrogens is 2. The third-order valence-electron chi connectivity index (χ3n) is 10.2. The van der Waals surface area contributed by atoms with Crippen LogP contribution in [0.4, 0.5) is 9.59 Å². The van der Waals surface area contributed by atoms with Gasteiger partial charge in [0.15, 0.2) is 0 Å². The van der Waals surface area contributed by atoms with Crippen LogP contribution in [-0.2, 0) is 20.9 Å². The van der Waals surface area contributed by atoms with Crippen molar-refractivity contribution >= 4 is 18.0 Å². The fourth-order valence-corrected chi connectivity index (χ4v) is 7.48. The first-order chi connectivity index (χ1) is 24.8. The Morgan fingerprint density at radius 3 is 2.27 bits per heavy atom. The van der Waals surface area contributed by atoms with E-state index in [1.807, 2.05) is 16.0 Å². The lowest BCUT2D eigenvalue weighted by molar-refractivity contribution is -0.134. The van der Waals surface area contributed by atoms with E-state index in [4.69, 9.17) is 14.5 Å². The highest BCUT2D eigenvalue weighted by Gasteiger charge is 2.37. The number of aromatic amines is 2. The second-order valence-electron chi connectivity index (χ2n) is 13.7. The Labute approximate surface area is 297 Å². The van der Waals surface area contributed by atoms with Crippen LogP contribution in [0.25, 0.3) is 33.6 Å². The topological polar surface area (TPSA) is 149 Å². The standard InChI is InChI=1S/C38H46N8O5/c1-44(2)38(49)46-20-7-9-31(46)34-39-22-29(40-34)26-15-11-24(12-16-26)25-13-17-27(18-14-25)33-30-23-51-21-5-4-8-28(42-37(48)50-3)36(47)45-19-6-10-32(45)35(41-30)43-33/h11-18,22,28,31-32H,4-10,19-21,23H2,1-3H3,(H,39,40)(H,41,43)(H,42,48)/t28-,31-,32-/m0/s1. The number of nitrogens with one attached hydrogen (secondary N) is 3. The molecule has 3 atom stereocenters. The Hall–Kier alpha value is -5.17. The molecule has 0 aliphatic carbocycles. The number of imidazole rings is 2. The van der Waals surface area contributed by atoms with Gasteiger partial charge in [-0.05, 0) is 61.6 Å². The van der Waals surface area contributed by atoms with Crippen LogP contribution in [0.2, 0.25) is 0 Å². The van der Waals surface area contributed by atoms with E-state index in [1.54, 1.807) is 19.0 Å². The number of hydrogen-bond donors (Lipinski definition) is 3. The van der Waals surface area contributed by atoms with Crippen molar-refractivity contribution in [3.63, 3.8) is 0 Å². The van der Waals surface area contributed by atoms with Gasteiger partial charge >= 0.3 is 12.1 Å². The normalized spacial score (nSPS) is 21.0. The summed E-state index contributed by atoms with van der Waals surface area (Å²) < 4.78 is 10.9. The zero-order chi connectivity index (χ0) is 35.5. The van der Waals surface area contributed by atoms with Crippen molar-refractivity contribution in [2.24, 2.45) is 0 Å². The van der Waals surface area contributed by atoms with Gasteiger partial charge in [-0.3, -0.25) is 4.79 Å². The van der Waals surface area contributed by atoms with Gasteiger partial charge in [-0.2, -0.15) is 0 Å². The third kappa shape index (κ3) is 7.21. The van der Waals surface area contributed by atoms with Crippen LogP contribution >= 0.6 is 0 Å². The molecule has 7 rings (SSSR count). The van der Waals surface area contributed by atoms with Crippen molar-refractivity contribution in [2.75, 3.05) is 40.9 Å². The lowest BCUT2D eigenvalue weighted by Crippen LogP contribution is -2.48. The molecule has 3 aliphatic rings. The fourth-order valence-electron chi connectivity index (χ4n) is 7.48. The lowest BCUT2D eigenvalue weighted by atomic mass is 10.0. The van der Waals surface area contributed by atoms with Crippen LogP contribution < -0.4 is 5.32 Å². The van der Waals surface area contributed by atoms with Gasteiger partial charge in [0.05, 0.1) is 49.1 Å². The number of benzene rings is 2. The molecule has 5 heterocycles. The Morgan fingerprint density at radius 1 is 0.863 bits per heavy atom. The highest BCUT2D eigenvalue weighted by molar-refractivity contribution is 5.86. The second-order valence-corrected chi connectivity index (χ2v) is 13.7. The van der Waals surface area contributed by atoms with E-state index in [0.717, 1.165) is 96.1 Å². The molecule has 13 nitrogen and oxygen atoms in total. The Kier molecular flexibility index (Phi) is 10.1. The van der Waals surface area contributed by atoms with E-state index in [0.29, 0.717) is 26.2 Å². The smallest absolute Gasteiger partial charge is 0.407 e. The number of amides is 4. The van der Waals surface area contributed by atoms with Crippen molar-refractivity contribution in [1.29, 1.82) is 0 Å². The minimum atomic E-state index is -0.658. The third-order valence-corrected chi connectivity index (χ3v) is 10.2. The number of likely N-dealkylation sites (tertiary alicyclic amines) is 1. The van der Waals surface area contributed by atoms with Crippen LogP contribution in [-0.4, -0.2) is 99.6 Å². The number of alkyl carbamates (subject to hydrolysis) is 1. The first-order valence-corrected chi connectivity index (χ1v) is 17.9. The minimum Gasteiger partial charge on any atom is -0.453 e. The summed E-state index contributed by atoms with van der Waals surface area (Å²) in [5, 5.41) is 2.74. The number of urea groups is 1. The zero-order valence-corrected chi connectivity index (χ0v) is 29.5. The molecule has 2 aromatic heterocycles. The van der Waals surface area contributed by atoms with Crippen LogP contribution in [0.5, 0.6) is 0 Å². The molecule has 0 spiro atoms. The molecule has 2 fully saturated rings. The maximum absolute atomic E-state index is 13.7. The number of carbonyl (C=O) groups is 3. The number of nitrogens with zero attached hydrogens (tertiary/aromatic N) is 5. The van der Waals surface area contributed by atoms with Gasteiger partial charge in [0.1, 0.15) is 17.7 Å². The summed E-state index contributed by atoms with van der Waals surface area (Å²) >= 11 is 0. The van der Waals surface area contributed by atoms with Crippen molar-refractivity contribution in [3.8, 4) is 33.6 Å². The fraction of sp³-hybridized carbons (Fsp3) is 0.447. The summed E-state index contributed by atoms with van der Waals surface area (Å²) in [5.74, 6) is 1.44. The van der Waals surface area contributed by atoms with Crippen molar-refractivity contribution < 1.29 is 23.9 Å². The zero-order valence-electron chi connectivity index (χ0n) is 29.5.